The van der Waals surface area contributed by atoms with Crippen molar-refractivity contribution >= 4 is 37.6 Å². The highest BCUT2D eigenvalue weighted by molar-refractivity contribution is 7.86. The molecule has 6 heteroatoms. The highest BCUT2D eigenvalue weighted by atomic mass is 32.2. The van der Waals surface area contributed by atoms with E-state index < -0.39 is 21.5 Å². The fraction of sp³-hybridized carbons (Fsp3) is 0.250. The summed E-state index contributed by atoms with van der Waals surface area (Å²) in [6.45, 7) is 5.47. The number of esters is 1. The predicted octanol–water partition coefficient (Wildman–Crippen LogP) is 4.24. The first-order valence-corrected chi connectivity index (χ1v) is 9.68. The standard InChI is InChI=1S/C20H20O5S/c1-4-20(2,3)19(21)25-18-14-9-6-5-8-13(14)12-16-15(18)10-7-11-17(16)26(22,23)24/h5-12H,4H2,1-3H3,(H,22,23,24)/p-1. The maximum absolute atomic E-state index is 12.6. The van der Waals surface area contributed by atoms with Crippen molar-refractivity contribution < 1.29 is 22.5 Å². The van der Waals surface area contributed by atoms with Crippen molar-refractivity contribution in [3.8, 4) is 5.75 Å². The van der Waals surface area contributed by atoms with E-state index in [1.54, 1.807) is 44.2 Å². The van der Waals surface area contributed by atoms with Gasteiger partial charge in [0.25, 0.3) is 0 Å². The summed E-state index contributed by atoms with van der Waals surface area (Å²) in [7, 11) is -4.67. The molecule has 0 aromatic heterocycles. The van der Waals surface area contributed by atoms with Crippen LogP contribution in [0.3, 0.4) is 0 Å². The minimum atomic E-state index is -4.67. The van der Waals surface area contributed by atoms with Crippen LogP contribution in [0.15, 0.2) is 53.4 Å². The van der Waals surface area contributed by atoms with E-state index in [1.807, 2.05) is 13.0 Å². The third kappa shape index (κ3) is 3.18. The predicted molar refractivity (Wildman–Crippen MR) is 99.1 cm³/mol. The van der Waals surface area contributed by atoms with Crippen LogP contribution in [0, 0.1) is 5.41 Å². The van der Waals surface area contributed by atoms with E-state index in [0.29, 0.717) is 22.6 Å². The van der Waals surface area contributed by atoms with Gasteiger partial charge in [0.1, 0.15) is 15.9 Å². The van der Waals surface area contributed by atoms with Gasteiger partial charge in [-0.3, -0.25) is 4.79 Å². The number of rotatable bonds is 4. The average Bonchev–Trinajstić information content (AvgIpc) is 2.60. The lowest BCUT2D eigenvalue weighted by atomic mass is 9.90. The van der Waals surface area contributed by atoms with Crippen molar-refractivity contribution in [1.82, 2.24) is 0 Å². The number of ether oxygens (including phenoxy) is 1. The molecule has 0 saturated heterocycles. The third-order valence-electron chi connectivity index (χ3n) is 4.72. The van der Waals surface area contributed by atoms with Gasteiger partial charge in [0, 0.05) is 16.2 Å². The number of hydrogen-bond acceptors (Lipinski definition) is 5. The van der Waals surface area contributed by atoms with E-state index in [2.05, 4.69) is 0 Å². The quantitative estimate of drug-likeness (QED) is 0.296. The number of benzene rings is 3. The highest BCUT2D eigenvalue weighted by Crippen LogP contribution is 2.38. The zero-order valence-corrected chi connectivity index (χ0v) is 15.6. The van der Waals surface area contributed by atoms with E-state index >= 15 is 0 Å². The molecule has 0 saturated carbocycles. The van der Waals surface area contributed by atoms with Crippen LogP contribution < -0.4 is 4.74 Å². The SMILES string of the molecule is CCC(C)(C)C(=O)Oc1c2ccccc2cc2c(S(=O)(=O)[O-])cccc12. The van der Waals surface area contributed by atoms with Crippen molar-refractivity contribution in [2.75, 3.05) is 0 Å². The Morgan fingerprint density at radius 3 is 2.35 bits per heavy atom. The summed E-state index contributed by atoms with van der Waals surface area (Å²) >= 11 is 0. The van der Waals surface area contributed by atoms with E-state index in [4.69, 9.17) is 4.74 Å². The van der Waals surface area contributed by atoms with Crippen LogP contribution in [0.4, 0.5) is 0 Å². The fourth-order valence-electron chi connectivity index (χ4n) is 2.72. The first kappa shape index (κ1) is 18.4. The second kappa shape index (κ2) is 6.37. The van der Waals surface area contributed by atoms with E-state index in [0.717, 1.165) is 0 Å². The van der Waals surface area contributed by atoms with Crippen molar-refractivity contribution in [1.29, 1.82) is 0 Å². The Bertz CT molecular complexity index is 1110. The van der Waals surface area contributed by atoms with E-state index in [-0.39, 0.29) is 16.0 Å². The van der Waals surface area contributed by atoms with Gasteiger partial charge in [-0.15, -0.1) is 0 Å². The fourth-order valence-corrected chi connectivity index (χ4v) is 3.41. The molecule has 0 bridgehead atoms. The van der Waals surface area contributed by atoms with Crippen LogP contribution in [0.25, 0.3) is 21.5 Å². The number of hydrogen-bond donors (Lipinski definition) is 0. The van der Waals surface area contributed by atoms with Gasteiger partial charge < -0.3 is 9.29 Å². The molecule has 5 nitrogen and oxygen atoms in total. The molecule has 0 amide bonds. The maximum atomic E-state index is 12.6. The van der Waals surface area contributed by atoms with Gasteiger partial charge in [-0.2, -0.15) is 0 Å². The molecule has 3 rings (SSSR count). The molecule has 136 valence electrons. The second-order valence-corrected chi connectivity index (χ2v) is 8.21. The molecule has 3 aromatic rings. The summed E-state index contributed by atoms with van der Waals surface area (Å²) in [6.07, 6.45) is 0.592. The highest BCUT2D eigenvalue weighted by Gasteiger charge is 2.29. The monoisotopic (exact) mass is 371 g/mol. The Morgan fingerprint density at radius 1 is 1.04 bits per heavy atom. The molecule has 0 heterocycles. The van der Waals surface area contributed by atoms with Gasteiger partial charge in [-0.25, -0.2) is 8.42 Å². The molecule has 0 spiro atoms. The number of fused-ring (bicyclic) bond motifs is 2. The molecule has 26 heavy (non-hydrogen) atoms. The van der Waals surface area contributed by atoms with Crippen molar-refractivity contribution in [2.45, 2.75) is 32.1 Å². The maximum Gasteiger partial charge on any atom is 0.316 e. The number of carbonyl (C=O) groups is 1. The van der Waals surface area contributed by atoms with Crippen LogP contribution in [0.2, 0.25) is 0 Å². The van der Waals surface area contributed by atoms with Crippen molar-refractivity contribution in [3.05, 3.63) is 48.5 Å². The van der Waals surface area contributed by atoms with Crippen LogP contribution in [-0.2, 0) is 14.9 Å². The van der Waals surface area contributed by atoms with Crippen LogP contribution in [-0.4, -0.2) is 18.9 Å². The summed E-state index contributed by atoms with van der Waals surface area (Å²) in [5, 5.41) is 2.04. The Kier molecular flexibility index (Phi) is 4.50. The van der Waals surface area contributed by atoms with Crippen molar-refractivity contribution in [3.63, 3.8) is 0 Å². The lowest BCUT2D eigenvalue weighted by Crippen LogP contribution is -2.28. The zero-order chi connectivity index (χ0) is 19.1. The Balaban J connectivity index is 2.36. The second-order valence-electron chi connectivity index (χ2n) is 6.86. The molecule has 0 aliphatic rings. The Hall–Kier alpha value is -2.44. The molecule has 0 aliphatic carbocycles. The Morgan fingerprint density at radius 2 is 1.69 bits per heavy atom. The topological polar surface area (TPSA) is 83.5 Å². The first-order valence-electron chi connectivity index (χ1n) is 8.28. The first-order chi connectivity index (χ1) is 12.1. The van der Waals surface area contributed by atoms with E-state index in [1.165, 1.54) is 12.1 Å². The van der Waals surface area contributed by atoms with E-state index in [9.17, 15) is 17.8 Å². The normalized spacial score (nSPS) is 12.5. The summed E-state index contributed by atoms with van der Waals surface area (Å²) < 4.78 is 40.7. The minimum Gasteiger partial charge on any atom is -0.744 e. The van der Waals surface area contributed by atoms with Crippen LogP contribution >= 0.6 is 0 Å². The van der Waals surface area contributed by atoms with Gasteiger partial charge in [-0.05, 0) is 37.8 Å². The molecule has 0 unspecified atom stereocenters. The van der Waals surface area contributed by atoms with Gasteiger partial charge in [-0.1, -0.05) is 43.3 Å². The average molecular weight is 371 g/mol. The minimum absolute atomic E-state index is 0.248. The zero-order valence-electron chi connectivity index (χ0n) is 14.8. The Labute approximate surface area is 152 Å². The molecule has 3 aromatic carbocycles. The summed E-state index contributed by atoms with van der Waals surface area (Å²) in [5.41, 5.74) is -0.689. The van der Waals surface area contributed by atoms with Gasteiger partial charge in [0.15, 0.2) is 0 Å². The number of carbonyl (C=O) groups excluding carboxylic acids is 1. The van der Waals surface area contributed by atoms with Gasteiger partial charge >= 0.3 is 5.97 Å². The summed E-state index contributed by atoms with van der Waals surface area (Å²) in [5.74, 6) is -0.136. The molecular formula is C20H19O5S-. The summed E-state index contributed by atoms with van der Waals surface area (Å²) in [4.78, 5) is 12.3. The molecular weight excluding hydrogens is 352 g/mol. The molecule has 0 atom stereocenters. The van der Waals surface area contributed by atoms with Crippen molar-refractivity contribution in [2.24, 2.45) is 5.41 Å². The van der Waals surface area contributed by atoms with Crippen LogP contribution in [0.5, 0.6) is 5.75 Å². The smallest absolute Gasteiger partial charge is 0.316 e. The van der Waals surface area contributed by atoms with Gasteiger partial charge in [0.05, 0.1) is 10.3 Å². The van der Waals surface area contributed by atoms with Gasteiger partial charge in [0.2, 0.25) is 0 Å². The lowest BCUT2D eigenvalue weighted by molar-refractivity contribution is -0.143. The lowest BCUT2D eigenvalue weighted by Gasteiger charge is -2.22. The summed E-state index contributed by atoms with van der Waals surface area (Å²) in [6, 6.07) is 13.2. The molecule has 0 aliphatic heterocycles. The van der Waals surface area contributed by atoms with Crippen LogP contribution in [0.1, 0.15) is 27.2 Å². The molecule has 0 N–H and O–H groups in total. The molecule has 0 radical (unpaired) electrons. The third-order valence-corrected chi connectivity index (χ3v) is 5.61. The molecule has 0 fully saturated rings. The largest absolute Gasteiger partial charge is 0.744 e.